The number of nitrogens with zero attached hydrogens (tertiary/aromatic N) is 1. The molecule has 0 aromatic carbocycles. The first-order chi connectivity index (χ1) is 7.15. The van der Waals surface area contributed by atoms with Crippen LogP contribution in [0.4, 0.5) is 0 Å². The number of esters is 1. The third-order valence-electron chi connectivity index (χ3n) is 1.74. The molecule has 0 atom stereocenters. The Bertz CT molecular complexity index is 355. The minimum Gasteiger partial charge on any atom is -0.461 e. The highest BCUT2D eigenvalue weighted by Crippen LogP contribution is 2.17. The molecule has 1 rings (SSSR count). The quantitative estimate of drug-likeness (QED) is 0.466. The first-order valence-electron chi connectivity index (χ1n) is 4.64. The number of ether oxygens (including phenoxy) is 1. The van der Waals surface area contributed by atoms with Crippen molar-refractivity contribution in [2.75, 3.05) is 6.61 Å². The third kappa shape index (κ3) is 3.68. The van der Waals surface area contributed by atoms with Crippen LogP contribution in [0.15, 0.2) is 12.1 Å². The van der Waals surface area contributed by atoms with Gasteiger partial charge in [-0.25, -0.2) is 9.78 Å². The maximum absolute atomic E-state index is 11.5. The fourth-order valence-electron chi connectivity index (χ4n) is 0.939. The molecule has 0 N–H and O–H groups in total. The van der Waals surface area contributed by atoms with E-state index < -0.39 is 5.97 Å². The summed E-state index contributed by atoms with van der Waals surface area (Å²) in [5, 5.41) is 0.475. The lowest BCUT2D eigenvalue weighted by Crippen LogP contribution is -2.09. The van der Waals surface area contributed by atoms with E-state index in [-0.39, 0.29) is 15.9 Å². The van der Waals surface area contributed by atoms with E-state index in [9.17, 15) is 4.79 Å². The number of pyridine rings is 1. The number of unbranched alkanes of at least 4 members (excludes halogenated alkanes) is 1. The molecule has 0 aliphatic heterocycles. The molecule has 0 saturated carbocycles. The molecule has 0 radical (unpaired) electrons. The second kappa shape index (κ2) is 5.93. The fraction of sp³-hybridized carbons (Fsp3) is 0.400. The largest absolute Gasteiger partial charge is 0.461 e. The Balaban J connectivity index is 2.68. The van der Waals surface area contributed by atoms with Crippen molar-refractivity contribution < 1.29 is 9.53 Å². The van der Waals surface area contributed by atoms with Gasteiger partial charge in [-0.05, 0) is 18.6 Å². The van der Waals surface area contributed by atoms with E-state index in [1.165, 1.54) is 12.1 Å². The molecular formula is C10H11Cl2NO2. The van der Waals surface area contributed by atoms with Crippen LogP contribution in [0.25, 0.3) is 0 Å². The van der Waals surface area contributed by atoms with Crippen LogP contribution < -0.4 is 0 Å². The second-order valence-corrected chi connectivity index (χ2v) is 3.75. The van der Waals surface area contributed by atoms with E-state index in [1.807, 2.05) is 6.92 Å². The molecule has 0 fully saturated rings. The number of hydrogen-bond donors (Lipinski definition) is 0. The summed E-state index contributed by atoms with van der Waals surface area (Å²) in [6.45, 7) is 2.39. The number of carbonyl (C=O) groups excluding carboxylic acids is 1. The molecule has 1 aromatic rings. The van der Waals surface area contributed by atoms with Gasteiger partial charge in [-0.3, -0.25) is 0 Å². The zero-order valence-corrected chi connectivity index (χ0v) is 9.81. The number of halogens is 2. The molecule has 0 aliphatic rings. The summed E-state index contributed by atoms with van der Waals surface area (Å²) in [7, 11) is 0. The van der Waals surface area contributed by atoms with E-state index in [1.54, 1.807) is 0 Å². The van der Waals surface area contributed by atoms with E-state index in [0.29, 0.717) is 6.61 Å². The molecule has 15 heavy (non-hydrogen) atoms. The predicted molar refractivity (Wildman–Crippen MR) is 59.4 cm³/mol. The highest BCUT2D eigenvalue weighted by atomic mass is 35.5. The Morgan fingerprint density at radius 2 is 2.20 bits per heavy atom. The average Bonchev–Trinajstić information content (AvgIpc) is 2.22. The van der Waals surface area contributed by atoms with E-state index in [0.717, 1.165) is 12.8 Å². The molecule has 0 saturated heterocycles. The summed E-state index contributed by atoms with van der Waals surface area (Å²) < 4.78 is 4.96. The van der Waals surface area contributed by atoms with Crippen molar-refractivity contribution in [3.8, 4) is 0 Å². The van der Waals surface area contributed by atoms with Gasteiger partial charge in [0.25, 0.3) is 0 Å². The number of carbonyl (C=O) groups is 1. The molecular weight excluding hydrogens is 237 g/mol. The number of rotatable bonds is 4. The molecule has 0 amide bonds. The minimum atomic E-state index is -0.532. The lowest BCUT2D eigenvalue weighted by molar-refractivity contribution is 0.0493. The Morgan fingerprint density at radius 3 is 2.87 bits per heavy atom. The van der Waals surface area contributed by atoms with Crippen LogP contribution in [-0.4, -0.2) is 17.6 Å². The Kier molecular flexibility index (Phi) is 4.85. The van der Waals surface area contributed by atoms with Crippen molar-refractivity contribution in [2.24, 2.45) is 0 Å². The Hall–Kier alpha value is -0.800. The Morgan fingerprint density at radius 1 is 1.47 bits per heavy atom. The van der Waals surface area contributed by atoms with Crippen molar-refractivity contribution >= 4 is 29.2 Å². The van der Waals surface area contributed by atoms with Crippen LogP contribution in [0, 0.1) is 0 Å². The van der Waals surface area contributed by atoms with Gasteiger partial charge in [-0.1, -0.05) is 36.5 Å². The van der Waals surface area contributed by atoms with Gasteiger partial charge in [0.2, 0.25) is 0 Å². The smallest absolute Gasteiger partial charge is 0.358 e. The highest BCUT2D eigenvalue weighted by molar-refractivity contribution is 6.34. The fourth-order valence-corrected chi connectivity index (χ4v) is 1.27. The van der Waals surface area contributed by atoms with E-state index in [2.05, 4.69) is 4.98 Å². The van der Waals surface area contributed by atoms with Gasteiger partial charge >= 0.3 is 5.97 Å². The molecule has 0 bridgehead atoms. The van der Waals surface area contributed by atoms with Crippen LogP contribution in [0.2, 0.25) is 10.2 Å². The van der Waals surface area contributed by atoms with Gasteiger partial charge in [0, 0.05) is 0 Å². The number of aromatic nitrogens is 1. The van der Waals surface area contributed by atoms with Crippen LogP contribution in [0.3, 0.4) is 0 Å². The lowest BCUT2D eigenvalue weighted by Gasteiger charge is -2.04. The SMILES string of the molecule is CCCCOC(=O)c1nc(Cl)ccc1Cl. The molecule has 5 heteroatoms. The van der Waals surface area contributed by atoms with Crippen LogP contribution in [0.5, 0.6) is 0 Å². The molecule has 0 aliphatic carbocycles. The maximum atomic E-state index is 11.5. The molecule has 0 unspecified atom stereocenters. The van der Waals surface area contributed by atoms with Crippen LogP contribution in [-0.2, 0) is 4.74 Å². The topological polar surface area (TPSA) is 39.2 Å². The van der Waals surface area contributed by atoms with Crippen molar-refractivity contribution in [2.45, 2.75) is 19.8 Å². The zero-order valence-electron chi connectivity index (χ0n) is 8.30. The normalized spacial score (nSPS) is 10.1. The van der Waals surface area contributed by atoms with Crippen molar-refractivity contribution in [3.63, 3.8) is 0 Å². The maximum Gasteiger partial charge on any atom is 0.358 e. The summed E-state index contributed by atoms with van der Waals surface area (Å²) in [5.41, 5.74) is 0.0697. The van der Waals surface area contributed by atoms with Crippen LogP contribution in [0.1, 0.15) is 30.3 Å². The minimum absolute atomic E-state index is 0.0697. The summed E-state index contributed by atoms with van der Waals surface area (Å²) >= 11 is 11.4. The standard InChI is InChI=1S/C10H11Cl2NO2/c1-2-3-6-15-10(14)9-7(11)4-5-8(12)13-9/h4-5H,2-3,6H2,1H3. The molecule has 1 heterocycles. The zero-order chi connectivity index (χ0) is 11.3. The van der Waals surface area contributed by atoms with Gasteiger partial charge in [-0.15, -0.1) is 0 Å². The second-order valence-electron chi connectivity index (χ2n) is 2.95. The third-order valence-corrected chi connectivity index (χ3v) is 2.25. The number of hydrogen-bond acceptors (Lipinski definition) is 3. The van der Waals surface area contributed by atoms with Gasteiger partial charge in [0.05, 0.1) is 11.6 Å². The summed E-state index contributed by atoms with van der Waals surface area (Å²) in [6, 6.07) is 3.04. The predicted octanol–water partition coefficient (Wildman–Crippen LogP) is 3.35. The summed E-state index contributed by atoms with van der Waals surface area (Å²) in [6.07, 6.45) is 1.79. The lowest BCUT2D eigenvalue weighted by atomic mass is 10.3. The molecule has 0 spiro atoms. The van der Waals surface area contributed by atoms with E-state index >= 15 is 0 Å². The van der Waals surface area contributed by atoms with Gasteiger partial charge < -0.3 is 4.74 Å². The summed E-state index contributed by atoms with van der Waals surface area (Å²) in [4.78, 5) is 15.3. The monoisotopic (exact) mass is 247 g/mol. The van der Waals surface area contributed by atoms with Crippen molar-refractivity contribution in [3.05, 3.63) is 28.0 Å². The highest BCUT2D eigenvalue weighted by Gasteiger charge is 2.13. The first kappa shape index (κ1) is 12.3. The molecule has 82 valence electrons. The van der Waals surface area contributed by atoms with Crippen LogP contribution >= 0.6 is 23.2 Å². The average molecular weight is 248 g/mol. The summed E-state index contributed by atoms with van der Waals surface area (Å²) in [5.74, 6) is -0.532. The van der Waals surface area contributed by atoms with Crippen molar-refractivity contribution in [1.82, 2.24) is 4.98 Å². The first-order valence-corrected chi connectivity index (χ1v) is 5.40. The van der Waals surface area contributed by atoms with Gasteiger partial charge in [-0.2, -0.15) is 0 Å². The Labute approximate surface area is 98.4 Å². The van der Waals surface area contributed by atoms with Gasteiger partial charge in [0.15, 0.2) is 5.69 Å². The molecule has 1 aromatic heterocycles. The van der Waals surface area contributed by atoms with Crippen molar-refractivity contribution in [1.29, 1.82) is 0 Å². The molecule has 3 nitrogen and oxygen atoms in total. The van der Waals surface area contributed by atoms with Gasteiger partial charge in [0.1, 0.15) is 5.15 Å². The van der Waals surface area contributed by atoms with E-state index in [4.69, 9.17) is 27.9 Å².